The number of hydrogen-bond acceptors (Lipinski definition) is 6. The molecule has 3 aromatic heterocycles. The summed E-state index contributed by atoms with van der Waals surface area (Å²) in [5, 5.41) is 8.86. The van der Waals surface area contributed by atoms with Crippen molar-refractivity contribution in [3.8, 4) is 34.1 Å². The summed E-state index contributed by atoms with van der Waals surface area (Å²) in [6.07, 6.45) is 0.813. The molecule has 34 heavy (non-hydrogen) atoms. The van der Waals surface area contributed by atoms with Crippen LogP contribution in [0.2, 0.25) is 0 Å². The van der Waals surface area contributed by atoms with Crippen LogP contribution in [0.3, 0.4) is 0 Å². The lowest BCUT2D eigenvalue weighted by Crippen LogP contribution is -2.01. The number of rotatable bonds is 5. The lowest BCUT2D eigenvalue weighted by atomic mass is 10.0. The fourth-order valence-electron chi connectivity index (χ4n) is 4.39. The quantitative estimate of drug-likeness (QED) is 0.412. The number of aromatic nitrogens is 6. The minimum absolute atomic E-state index is 0.151. The molecule has 5 aromatic rings. The molecule has 6 rings (SSSR count). The van der Waals surface area contributed by atoms with Crippen molar-refractivity contribution in [1.82, 2.24) is 29.9 Å². The molecule has 0 radical (unpaired) electrons. The zero-order valence-electron chi connectivity index (χ0n) is 19.2. The Morgan fingerprint density at radius 1 is 0.971 bits per heavy atom. The number of fused-ring (bicyclic) bond motifs is 2. The Morgan fingerprint density at radius 3 is 2.71 bits per heavy atom. The van der Waals surface area contributed by atoms with E-state index in [1.165, 1.54) is 5.56 Å². The molecule has 1 aliphatic rings. The lowest BCUT2D eigenvalue weighted by molar-refractivity contribution is 0.174. The molecule has 0 spiro atoms. The average molecular weight is 453 g/mol. The number of aromatic amines is 1. The van der Waals surface area contributed by atoms with E-state index in [0.717, 1.165) is 63.1 Å². The fraction of sp³-hybridized carbons (Fsp3) is 0.231. The first-order valence-electron chi connectivity index (χ1n) is 11.3. The van der Waals surface area contributed by atoms with Crippen molar-refractivity contribution in [1.29, 1.82) is 0 Å². The molecular weight excluding hydrogens is 428 g/mol. The van der Waals surface area contributed by atoms with Gasteiger partial charge < -0.3 is 14.5 Å². The summed E-state index contributed by atoms with van der Waals surface area (Å²) in [4.78, 5) is 15.0. The van der Waals surface area contributed by atoms with Crippen molar-refractivity contribution in [3.63, 3.8) is 0 Å². The van der Waals surface area contributed by atoms with Crippen LogP contribution in [-0.2, 0) is 13.5 Å². The van der Waals surface area contributed by atoms with Crippen LogP contribution in [0.1, 0.15) is 29.9 Å². The predicted octanol–water partition coefficient (Wildman–Crippen LogP) is 4.80. The van der Waals surface area contributed by atoms with Gasteiger partial charge in [0.25, 0.3) is 0 Å². The van der Waals surface area contributed by atoms with Gasteiger partial charge in [0, 0.05) is 24.2 Å². The van der Waals surface area contributed by atoms with E-state index < -0.39 is 0 Å². The normalized spacial score (nSPS) is 13.5. The van der Waals surface area contributed by atoms with E-state index in [9.17, 15) is 0 Å². The Labute approximate surface area is 196 Å². The van der Waals surface area contributed by atoms with Gasteiger partial charge in [0.05, 0.1) is 17.1 Å². The second-order valence-corrected chi connectivity index (χ2v) is 8.70. The average Bonchev–Trinajstić information content (AvgIpc) is 3.55. The highest BCUT2D eigenvalue weighted by Gasteiger charge is 2.21. The van der Waals surface area contributed by atoms with E-state index in [-0.39, 0.29) is 12.7 Å². The minimum atomic E-state index is 0.151. The molecule has 1 atom stereocenters. The summed E-state index contributed by atoms with van der Waals surface area (Å²) in [7, 11) is 1.83. The van der Waals surface area contributed by atoms with E-state index >= 15 is 0 Å². The summed E-state index contributed by atoms with van der Waals surface area (Å²) in [5.74, 6) is 2.65. The lowest BCUT2D eigenvalue weighted by Gasteiger charge is -2.09. The van der Waals surface area contributed by atoms with E-state index in [1.807, 2.05) is 62.5 Å². The Balaban J connectivity index is 1.40. The van der Waals surface area contributed by atoms with E-state index in [2.05, 4.69) is 28.2 Å². The fourth-order valence-corrected chi connectivity index (χ4v) is 4.39. The van der Waals surface area contributed by atoms with Crippen LogP contribution in [0, 0.1) is 6.92 Å². The minimum Gasteiger partial charge on any atom is -0.454 e. The molecule has 2 aromatic carbocycles. The highest BCUT2D eigenvalue weighted by Crippen LogP contribution is 2.36. The zero-order valence-corrected chi connectivity index (χ0v) is 19.2. The largest absolute Gasteiger partial charge is 0.454 e. The zero-order chi connectivity index (χ0) is 23.2. The third-order valence-electron chi connectivity index (χ3n) is 6.07. The number of hydrogen-bond donors (Lipinski definition) is 1. The maximum absolute atomic E-state index is 5.55. The molecule has 4 heterocycles. The van der Waals surface area contributed by atoms with Gasteiger partial charge in [-0.25, -0.2) is 4.98 Å². The molecule has 1 N–H and O–H groups in total. The molecule has 0 saturated carbocycles. The van der Waals surface area contributed by atoms with E-state index in [1.54, 1.807) is 4.80 Å². The molecule has 0 saturated heterocycles. The SMILES string of the molecule is Cc1cccc(-c2[nH]c(C(C)Cc3ccc4c(c3)OCO4)nc2-c2ccc3nn(C)nc3c2)n1. The van der Waals surface area contributed by atoms with Crippen LogP contribution in [0.25, 0.3) is 33.7 Å². The highest BCUT2D eigenvalue weighted by molar-refractivity contribution is 5.84. The van der Waals surface area contributed by atoms with Crippen molar-refractivity contribution in [2.24, 2.45) is 7.05 Å². The van der Waals surface area contributed by atoms with Crippen LogP contribution in [0.5, 0.6) is 11.5 Å². The Bertz CT molecular complexity index is 1520. The maximum atomic E-state index is 5.55. The number of H-pyrrole nitrogens is 1. The molecule has 1 unspecified atom stereocenters. The molecule has 0 fully saturated rings. The van der Waals surface area contributed by atoms with Gasteiger partial charge in [-0.15, -0.1) is 0 Å². The maximum Gasteiger partial charge on any atom is 0.231 e. The highest BCUT2D eigenvalue weighted by atomic mass is 16.7. The molecule has 170 valence electrons. The molecule has 0 amide bonds. The van der Waals surface area contributed by atoms with Crippen LogP contribution >= 0.6 is 0 Å². The molecule has 0 bridgehead atoms. The van der Waals surface area contributed by atoms with Gasteiger partial charge in [0.1, 0.15) is 16.9 Å². The molecule has 0 aliphatic carbocycles. The first kappa shape index (κ1) is 20.4. The van der Waals surface area contributed by atoms with Gasteiger partial charge in [-0.05, 0) is 55.3 Å². The summed E-state index contributed by atoms with van der Waals surface area (Å²) in [6, 6.07) is 18.2. The number of nitrogens with zero attached hydrogens (tertiary/aromatic N) is 5. The van der Waals surface area contributed by atoms with Gasteiger partial charge >= 0.3 is 0 Å². The number of aryl methyl sites for hydroxylation is 2. The van der Waals surface area contributed by atoms with Crippen molar-refractivity contribution < 1.29 is 9.47 Å². The van der Waals surface area contributed by atoms with Gasteiger partial charge in [-0.2, -0.15) is 15.0 Å². The third kappa shape index (κ3) is 3.67. The number of ether oxygens (including phenoxy) is 2. The third-order valence-corrected chi connectivity index (χ3v) is 6.07. The first-order valence-corrected chi connectivity index (χ1v) is 11.3. The Morgan fingerprint density at radius 2 is 1.82 bits per heavy atom. The van der Waals surface area contributed by atoms with Gasteiger partial charge in [0.2, 0.25) is 6.79 Å². The van der Waals surface area contributed by atoms with Crippen LogP contribution in [0.4, 0.5) is 0 Å². The number of imidazole rings is 1. The van der Waals surface area contributed by atoms with Gasteiger partial charge in [-0.3, -0.25) is 4.98 Å². The Kier molecular flexibility index (Phi) is 4.79. The van der Waals surface area contributed by atoms with E-state index in [4.69, 9.17) is 19.4 Å². The number of pyridine rings is 1. The van der Waals surface area contributed by atoms with Gasteiger partial charge in [0.15, 0.2) is 11.5 Å². The predicted molar refractivity (Wildman–Crippen MR) is 129 cm³/mol. The van der Waals surface area contributed by atoms with Crippen molar-refractivity contribution in [3.05, 3.63) is 71.7 Å². The number of benzene rings is 2. The smallest absolute Gasteiger partial charge is 0.231 e. The molecular formula is C26H24N6O2. The van der Waals surface area contributed by atoms with Crippen molar-refractivity contribution in [2.75, 3.05) is 6.79 Å². The van der Waals surface area contributed by atoms with Gasteiger partial charge in [-0.1, -0.05) is 25.1 Å². The van der Waals surface area contributed by atoms with Crippen molar-refractivity contribution in [2.45, 2.75) is 26.2 Å². The Hall–Kier alpha value is -4.20. The standard InChI is InChI=1S/C26H24N6O2/c1-15(11-17-7-10-22-23(12-17)34-14-33-22)26-28-24(25(29-26)20-6-4-5-16(2)27-20)18-8-9-19-21(13-18)31-32(3)30-19/h4-10,12-13,15H,11,14H2,1-3H3,(H,28,29). The first-order chi connectivity index (χ1) is 16.5. The molecule has 1 aliphatic heterocycles. The molecule has 8 nitrogen and oxygen atoms in total. The number of nitrogens with one attached hydrogen (secondary N) is 1. The van der Waals surface area contributed by atoms with E-state index in [0.29, 0.717) is 0 Å². The summed E-state index contributed by atoms with van der Waals surface area (Å²) in [5.41, 5.74) is 7.42. The molecule has 8 heteroatoms. The summed E-state index contributed by atoms with van der Waals surface area (Å²) in [6.45, 7) is 4.44. The second-order valence-electron chi connectivity index (χ2n) is 8.70. The van der Waals surface area contributed by atoms with Crippen molar-refractivity contribution >= 4 is 11.0 Å². The summed E-state index contributed by atoms with van der Waals surface area (Å²) < 4.78 is 11.0. The second kappa shape index (κ2) is 7.98. The van der Waals surface area contributed by atoms with Crippen LogP contribution < -0.4 is 9.47 Å². The topological polar surface area (TPSA) is 90.7 Å². The van der Waals surface area contributed by atoms with Crippen LogP contribution in [-0.4, -0.2) is 36.7 Å². The van der Waals surface area contributed by atoms with Crippen LogP contribution in [0.15, 0.2) is 54.6 Å². The monoisotopic (exact) mass is 452 g/mol. The summed E-state index contributed by atoms with van der Waals surface area (Å²) >= 11 is 0.